The molecule has 2 heterocycles. The maximum Gasteiger partial charge on any atom is 0.258 e. The Bertz CT molecular complexity index is 877. The smallest absolute Gasteiger partial charge is 0.258 e. The van der Waals surface area contributed by atoms with Crippen molar-refractivity contribution < 1.29 is 18.8 Å². The highest BCUT2D eigenvalue weighted by atomic mass is 16.4. The van der Waals surface area contributed by atoms with Gasteiger partial charge in [-0.05, 0) is 26.0 Å². The minimum absolute atomic E-state index is 0.0236. The van der Waals surface area contributed by atoms with Crippen LogP contribution in [0.3, 0.4) is 0 Å². The number of hydrogen-bond donors (Lipinski definition) is 2. The van der Waals surface area contributed by atoms with Gasteiger partial charge in [-0.2, -0.15) is 5.26 Å². The maximum absolute atomic E-state index is 12.3. The van der Waals surface area contributed by atoms with Gasteiger partial charge >= 0.3 is 0 Å². The molecule has 8 heteroatoms. The molecule has 122 valence electrons. The van der Waals surface area contributed by atoms with E-state index in [1.165, 1.54) is 39.1 Å². The molecule has 2 aromatic heterocycles. The van der Waals surface area contributed by atoms with Crippen molar-refractivity contribution >= 4 is 29.3 Å². The zero-order chi connectivity index (χ0) is 17.9. The fraction of sp³-hybridized carbons (Fsp3) is 0.188. The van der Waals surface area contributed by atoms with E-state index in [0.717, 1.165) is 0 Å². The van der Waals surface area contributed by atoms with Crippen LogP contribution in [0.25, 0.3) is 0 Å². The van der Waals surface area contributed by atoms with E-state index >= 15 is 0 Å². The van der Waals surface area contributed by atoms with Gasteiger partial charge in [0.1, 0.15) is 23.2 Å². The van der Waals surface area contributed by atoms with Gasteiger partial charge in [0, 0.05) is 18.7 Å². The summed E-state index contributed by atoms with van der Waals surface area (Å²) in [5.41, 5.74) is 0.321. The van der Waals surface area contributed by atoms with Gasteiger partial charge in [-0.3, -0.25) is 19.7 Å². The summed E-state index contributed by atoms with van der Waals surface area (Å²) < 4.78 is 5.32. The van der Waals surface area contributed by atoms with Gasteiger partial charge in [-0.1, -0.05) is 0 Å². The monoisotopic (exact) mass is 326 g/mol. The molecule has 0 radical (unpaired) electrons. The number of carbonyl (C=O) groups excluding carboxylic acids is 3. The lowest BCUT2D eigenvalue weighted by Gasteiger charge is -2.05. The van der Waals surface area contributed by atoms with Crippen LogP contribution in [0.15, 0.2) is 22.7 Å². The minimum atomic E-state index is -0.565. The molecule has 0 bridgehead atoms. The maximum atomic E-state index is 12.3. The molecule has 0 atom stereocenters. The van der Waals surface area contributed by atoms with Gasteiger partial charge in [0.05, 0.1) is 5.56 Å². The number of aromatic nitrogens is 1. The summed E-state index contributed by atoms with van der Waals surface area (Å²) in [4.78, 5) is 38.8. The molecule has 0 aliphatic heterocycles. The van der Waals surface area contributed by atoms with E-state index in [-0.39, 0.29) is 45.8 Å². The number of carbonyl (C=O) groups is 3. The predicted octanol–water partition coefficient (Wildman–Crippen LogP) is 2.27. The van der Waals surface area contributed by atoms with Crippen molar-refractivity contribution in [2.45, 2.75) is 20.8 Å². The number of nitrogens with one attached hydrogen (secondary N) is 2. The highest BCUT2D eigenvalue weighted by Crippen LogP contribution is 2.27. The number of rotatable bonds is 4. The Morgan fingerprint density at radius 3 is 2.54 bits per heavy atom. The summed E-state index contributed by atoms with van der Waals surface area (Å²) in [6.45, 7) is 4.17. The lowest BCUT2D eigenvalue weighted by atomic mass is 10.1. The Hall–Kier alpha value is -3.47. The van der Waals surface area contributed by atoms with E-state index in [0.29, 0.717) is 0 Å². The van der Waals surface area contributed by atoms with Crippen LogP contribution in [-0.2, 0) is 4.79 Å². The van der Waals surface area contributed by atoms with Crippen LogP contribution in [0, 0.1) is 18.3 Å². The van der Waals surface area contributed by atoms with E-state index < -0.39 is 5.91 Å². The molecular formula is C16H14N4O4. The molecule has 0 unspecified atom stereocenters. The Morgan fingerprint density at radius 2 is 1.96 bits per heavy atom. The molecule has 0 aliphatic rings. The number of nitriles is 1. The number of anilines is 2. The van der Waals surface area contributed by atoms with Crippen molar-refractivity contribution in [2.24, 2.45) is 0 Å². The van der Waals surface area contributed by atoms with Crippen LogP contribution >= 0.6 is 0 Å². The standard InChI is InChI=1S/C16H14N4O4/c1-8(21)14-9(2)24-16(12(14)7-17)20-15(23)11-4-5-18-13(6-11)19-10(3)22/h4-6H,1-3H3,(H,20,23)(H,18,19,22). The summed E-state index contributed by atoms with van der Waals surface area (Å²) in [6, 6.07) is 4.68. The van der Waals surface area contributed by atoms with Crippen molar-refractivity contribution in [1.82, 2.24) is 4.98 Å². The zero-order valence-electron chi connectivity index (χ0n) is 13.3. The topological polar surface area (TPSA) is 125 Å². The molecule has 2 amide bonds. The molecule has 0 aliphatic carbocycles. The molecule has 0 fully saturated rings. The van der Waals surface area contributed by atoms with Crippen molar-refractivity contribution in [3.05, 3.63) is 40.8 Å². The number of pyridine rings is 1. The normalized spacial score (nSPS) is 9.92. The fourth-order valence-electron chi connectivity index (χ4n) is 2.16. The number of amides is 2. The lowest BCUT2D eigenvalue weighted by molar-refractivity contribution is -0.114. The first-order valence-electron chi connectivity index (χ1n) is 6.93. The summed E-state index contributed by atoms with van der Waals surface area (Å²) >= 11 is 0. The molecule has 0 saturated heterocycles. The highest BCUT2D eigenvalue weighted by Gasteiger charge is 2.22. The number of ketones is 1. The summed E-state index contributed by atoms with van der Waals surface area (Å²) in [5, 5.41) is 14.1. The number of aryl methyl sites for hydroxylation is 1. The van der Waals surface area contributed by atoms with Gasteiger partial charge in [-0.15, -0.1) is 0 Å². The Balaban J connectivity index is 2.31. The second-order valence-corrected chi connectivity index (χ2v) is 4.97. The SMILES string of the molecule is CC(=O)Nc1cc(C(=O)Nc2oc(C)c(C(C)=O)c2C#N)ccn1. The third-order valence-corrected chi connectivity index (χ3v) is 3.10. The number of furan rings is 1. The highest BCUT2D eigenvalue weighted by molar-refractivity contribution is 6.06. The molecule has 2 aromatic rings. The van der Waals surface area contributed by atoms with Gasteiger partial charge in [0.25, 0.3) is 5.91 Å². The Labute approximate surface area is 137 Å². The molecular weight excluding hydrogens is 312 g/mol. The minimum Gasteiger partial charge on any atom is -0.443 e. The second-order valence-electron chi connectivity index (χ2n) is 4.97. The summed E-state index contributed by atoms with van der Waals surface area (Å²) in [7, 11) is 0. The van der Waals surface area contributed by atoms with Crippen molar-refractivity contribution in [3.8, 4) is 6.07 Å². The number of Topliss-reactive ketones (excluding diaryl/α,β-unsaturated/α-hetero) is 1. The third kappa shape index (κ3) is 3.47. The van der Waals surface area contributed by atoms with E-state index in [2.05, 4.69) is 15.6 Å². The average molecular weight is 326 g/mol. The quantitative estimate of drug-likeness (QED) is 0.830. The van der Waals surface area contributed by atoms with Crippen LogP contribution < -0.4 is 10.6 Å². The second kappa shape index (κ2) is 6.75. The summed E-state index contributed by atoms with van der Waals surface area (Å²) in [5.74, 6) is -0.837. The molecule has 24 heavy (non-hydrogen) atoms. The van der Waals surface area contributed by atoms with Crippen molar-refractivity contribution in [3.63, 3.8) is 0 Å². The van der Waals surface area contributed by atoms with Crippen LogP contribution in [0.4, 0.5) is 11.7 Å². The van der Waals surface area contributed by atoms with E-state index in [1.807, 2.05) is 6.07 Å². The molecule has 2 rings (SSSR count). The van der Waals surface area contributed by atoms with Gasteiger partial charge in [0.15, 0.2) is 5.78 Å². The number of hydrogen-bond acceptors (Lipinski definition) is 6. The predicted molar refractivity (Wildman–Crippen MR) is 84.7 cm³/mol. The summed E-state index contributed by atoms with van der Waals surface area (Å²) in [6.07, 6.45) is 1.36. The fourth-order valence-corrected chi connectivity index (χ4v) is 2.16. The van der Waals surface area contributed by atoms with E-state index in [9.17, 15) is 19.6 Å². The molecule has 2 N–H and O–H groups in total. The van der Waals surface area contributed by atoms with Crippen molar-refractivity contribution in [1.29, 1.82) is 5.26 Å². The van der Waals surface area contributed by atoms with Crippen molar-refractivity contribution in [2.75, 3.05) is 10.6 Å². The third-order valence-electron chi connectivity index (χ3n) is 3.10. The first kappa shape index (κ1) is 16.9. The molecule has 8 nitrogen and oxygen atoms in total. The zero-order valence-corrected chi connectivity index (χ0v) is 13.3. The first-order valence-corrected chi connectivity index (χ1v) is 6.93. The lowest BCUT2D eigenvalue weighted by Crippen LogP contribution is -2.14. The molecule has 0 aromatic carbocycles. The van der Waals surface area contributed by atoms with Crippen LogP contribution in [0.5, 0.6) is 0 Å². The average Bonchev–Trinajstić information content (AvgIpc) is 2.82. The van der Waals surface area contributed by atoms with Gasteiger partial charge in [-0.25, -0.2) is 4.98 Å². The van der Waals surface area contributed by atoms with E-state index in [1.54, 1.807) is 0 Å². The molecule has 0 spiro atoms. The molecule has 0 saturated carbocycles. The van der Waals surface area contributed by atoms with Crippen LogP contribution in [0.2, 0.25) is 0 Å². The van der Waals surface area contributed by atoms with Gasteiger partial charge in [0.2, 0.25) is 11.8 Å². The largest absolute Gasteiger partial charge is 0.443 e. The number of nitrogens with zero attached hydrogens (tertiary/aromatic N) is 2. The first-order chi connectivity index (χ1) is 11.3. The Kier molecular flexibility index (Phi) is 4.75. The van der Waals surface area contributed by atoms with Gasteiger partial charge < -0.3 is 9.73 Å². The van der Waals surface area contributed by atoms with E-state index in [4.69, 9.17) is 4.42 Å². The van der Waals surface area contributed by atoms with Crippen LogP contribution in [0.1, 0.15) is 45.9 Å². The van der Waals surface area contributed by atoms with Crippen LogP contribution in [-0.4, -0.2) is 22.6 Å². The Morgan fingerprint density at radius 1 is 1.25 bits per heavy atom.